The van der Waals surface area contributed by atoms with Gasteiger partial charge in [0.2, 0.25) is 0 Å². The zero-order valence-electron chi connectivity index (χ0n) is 57.8. The Balaban J connectivity index is 1.18. The number of benzene rings is 8. The molecule has 0 spiro atoms. The van der Waals surface area contributed by atoms with Gasteiger partial charge in [0, 0.05) is 61.8 Å². The van der Waals surface area contributed by atoms with Gasteiger partial charge in [-0.2, -0.15) is 0 Å². The van der Waals surface area contributed by atoms with Gasteiger partial charge in [0.1, 0.15) is 11.2 Å². The summed E-state index contributed by atoms with van der Waals surface area (Å²) in [5.74, 6) is 0. The summed E-state index contributed by atoms with van der Waals surface area (Å²) in [7, 11) is 0. The van der Waals surface area contributed by atoms with Crippen molar-refractivity contribution in [2.45, 2.75) is 233 Å². The van der Waals surface area contributed by atoms with E-state index in [1.54, 1.807) is 0 Å². The van der Waals surface area contributed by atoms with E-state index < -0.39 is 0 Å². The number of fused-ring (bicyclic) bond motifs is 10. The molecule has 0 radical (unpaired) electrons. The summed E-state index contributed by atoms with van der Waals surface area (Å²) in [4.78, 5) is 8.06. The van der Waals surface area contributed by atoms with Gasteiger partial charge < -0.3 is 19.1 Å². The summed E-state index contributed by atoms with van der Waals surface area (Å²) in [5.41, 5.74) is 29.2. The van der Waals surface area contributed by atoms with Crippen molar-refractivity contribution in [1.29, 1.82) is 0 Å². The van der Waals surface area contributed by atoms with E-state index >= 15 is 0 Å². The van der Waals surface area contributed by atoms with Gasteiger partial charge in [-0.1, -0.05) is 206 Å². The Bertz CT molecular complexity index is 4330. The second-order valence-corrected chi connectivity index (χ2v) is 35.1. The summed E-state index contributed by atoms with van der Waals surface area (Å²) in [6, 6.07) is 56.3. The summed E-state index contributed by atoms with van der Waals surface area (Å²) in [6.45, 7) is 51.0. The minimum Gasteiger partial charge on any atom is -0.456 e. The van der Waals surface area contributed by atoms with Gasteiger partial charge in [-0.05, 0) is 227 Å². The van der Waals surface area contributed by atoms with Crippen molar-refractivity contribution < 1.29 is 4.42 Å². The van der Waals surface area contributed by atoms with E-state index in [9.17, 15) is 0 Å². The molecule has 458 valence electrons. The summed E-state index contributed by atoms with van der Waals surface area (Å²) < 4.78 is 7.00. The van der Waals surface area contributed by atoms with Crippen molar-refractivity contribution >= 4 is 96.2 Å². The molecule has 89 heavy (non-hydrogen) atoms. The van der Waals surface area contributed by atoms with Crippen LogP contribution in [0.15, 0.2) is 144 Å². The number of furan rings is 1. The lowest BCUT2D eigenvalue weighted by Crippen LogP contribution is -2.62. The van der Waals surface area contributed by atoms with Crippen LogP contribution in [0.25, 0.3) is 21.9 Å². The van der Waals surface area contributed by atoms with Crippen molar-refractivity contribution in [3.63, 3.8) is 0 Å². The van der Waals surface area contributed by atoms with Crippen LogP contribution in [0.1, 0.15) is 234 Å². The molecule has 8 aromatic carbocycles. The predicted octanol–water partition coefficient (Wildman–Crippen LogP) is 22.1. The largest absolute Gasteiger partial charge is 0.456 e. The highest BCUT2D eigenvalue weighted by Crippen LogP contribution is 2.56. The highest BCUT2D eigenvalue weighted by atomic mass is 16.3. The molecule has 4 nitrogen and oxygen atoms in total. The summed E-state index contributed by atoms with van der Waals surface area (Å²) in [6.07, 6.45) is 6.86. The molecule has 5 heteroatoms. The van der Waals surface area contributed by atoms with Gasteiger partial charge in [0.25, 0.3) is 6.71 Å². The standard InChI is InChI=1S/C84H98BN3O/c1-76(2,3)51-26-30-53(31-27-51)86(54-32-28-52(29-33-54)77(4,5)6)57-45-71-74-72(46-57)88(56-42-59-58-24-22-23-25-73(58)89-75(59)66(44-56)78(7,8)9)70-50-65-63(82(16,17)39-41-84(65,20)21)48-68(70)85(74)67-47-62-64(83(18,19)40-38-81(62,14)15)49-69(67)87(71)55-34-35-60-61(43-55)80(12,13)37-36-79(60,10)11/h22-35,42-50H,36-41H2,1-21H3. The van der Waals surface area contributed by atoms with Crippen LogP contribution >= 0.6 is 0 Å². The highest BCUT2D eigenvalue weighted by Gasteiger charge is 2.50. The first-order chi connectivity index (χ1) is 41.5. The zero-order valence-corrected chi connectivity index (χ0v) is 57.8. The fourth-order valence-electron chi connectivity index (χ4n) is 16.7. The molecule has 0 saturated heterocycles. The lowest BCUT2D eigenvalue weighted by molar-refractivity contribution is 0.332. The first-order valence-electron chi connectivity index (χ1n) is 33.7. The molecular weight excluding hydrogens is 1080 g/mol. The number of para-hydroxylation sites is 1. The van der Waals surface area contributed by atoms with Crippen LogP contribution in [0.5, 0.6) is 0 Å². The number of nitrogens with zero attached hydrogens (tertiary/aromatic N) is 3. The molecule has 14 rings (SSSR count). The molecule has 0 atom stereocenters. The SMILES string of the molecule is CC(C)(C)c1ccc(N(c2ccc(C(C)(C)C)cc2)c2cc3c4c(c2)N(c2cc(C(C)(C)C)c5oc6ccccc6c5c2)c2cc5c(cc2B4c2cc4c(cc2N3c2ccc3c(c2)C(C)(C)CCC3(C)C)C(C)(C)CCC4(C)C)C(C)(C)CCC5(C)C)cc1. The lowest BCUT2D eigenvalue weighted by Gasteiger charge is -2.49. The van der Waals surface area contributed by atoms with Gasteiger partial charge in [-0.15, -0.1) is 0 Å². The Labute approximate surface area is 534 Å². The monoisotopic (exact) mass is 1180 g/mol. The molecule has 0 saturated carbocycles. The van der Waals surface area contributed by atoms with E-state index in [1.165, 1.54) is 101 Å². The van der Waals surface area contributed by atoms with E-state index in [1.807, 2.05) is 0 Å². The lowest BCUT2D eigenvalue weighted by atomic mass is 9.32. The maximum absolute atomic E-state index is 7.00. The van der Waals surface area contributed by atoms with Crippen LogP contribution in [0.4, 0.5) is 51.2 Å². The number of hydrogen-bond donors (Lipinski definition) is 0. The average molecular weight is 1180 g/mol. The molecule has 2 aliphatic heterocycles. The van der Waals surface area contributed by atoms with Crippen molar-refractivity contribution in [3.05, 3.63) is 190 Å². The molecule has 0 unspecified atom stereocenters. The van der Waals surface area contributed by atoms with Crippen LogP contribution < -0.4 is 31.1 Å². The Hall–Kier alpha value is -6.98. The minimum atomic E-state index is -0.244. The third-order valence-corrected chi connectivity index (χ3v) is 22.9. The molecule has 9 aromatic rings. The van der Waals surface area contributed by atoms with E-state index in [0.29, 0.717) is 0 Å². The number of hydrogen-bond acceptors (Lipinski definition) is 4. The van der Waals surface area contributed by atoms with Crippen LogP contribution in [-0.2, 0) is 48.7 Å². The first-order valence-corrected chi connectivity index (χ1v) is 33.7. The maximum atomic E-state index is 7.00. The third kappa shape index (κ3) is 9.40. The molecular formula is C84H98BN3O. The van der Waals surface area contributed by atoms with E-state index in [2.05, 4.69) is 300 Å². The molecule has 0 N–H and O–H groups in total. The Morgan fingerprint density at radius 1 is 0.371 bits per heavy atom. The van der Waals surface area contributed by atoms with Crippen molar-refractivity contribution in [1.82, 2.24) is 0 Å². The predicted molar refractivity (Wildman–Crippen MR) is 384 cm³/mol. The van der Waals surface area contributed by atoms with Crippen LogP contribution in [0, 0.1) is 0 Å². The second-order valence-electron chi connectivity index (χ2n) is 35.1. The molecule has 5 aliphatic rings. The zero-order chi connectivity index (χ0) is 63.5. The molecule has 3 aliphatic carbocycles. The van der Waals surface area contributed by atoms with Gasteiger partial charge in [-0.3, -0.25) is 0 Å². The smallest absolute Gasteiger partial charge is 0.252 e. The fourth-order valence-corrected chi connectivity index (χ4v) is 16.7. The van der Waals surface area contributed by atoms with Gasteiger partial charge in [-0.25, -0.2) is 0 Å². The Morgan fingerprint density at radius 2 is 0.787 bits per heavy atom. The van der Waals surface area contributed by atoms with Crippen LogP contribution in [-0.4, -0.2) is 6.71 Å². The van der Waals surface area contributed by atoms with Crippen molar-refractivity contribution in [2.24, 2.45) is 0 Å². The molecule has 0 bridgehead atoms. The van der Waals surface area contributed by atoms with Crippen LogP contribution in [0.3, 0.4) is 0 Å². The van der Waals surface area contributed by atoms with Crippen molar-refractivity contribution in [2.75, 3.05) is 14.7 Å². The quantitative estimate of drug-likeness (QED) is 0.160. The van der Waals surface area contributed by atoms with Gasteiger partial charge in [0.05, 0.1) is 5.69 Å². The van der Waals surface area contributed by atoms with E-state index in [4.69, 9.17) is 4.42 Å². The number of rotatable bonds is 5. The normalized spacial score (nSPS) is 19.0. The summed E-state index contributed by atoms with van der Waals surface area (Å²) >= 11 is 0. The van der Waals surface area contributed by atoms with Gasteiger partial charge in [0.15, 0.2) is 0 Å². The molecule has 0 fully saturated rings. The Kier molecular flexibility index (Phi) is 12.9. The third-order valence-electron chi connectivity index (χ3n) is 22.9. The van der Waals surface area contributed by atoms with E-state index in [0.717, 1.165) is 76.8 Å². The second kappa shape index (κ2) is 19.3. The van der Waals surface area contributed by atoms with Gasteiger partial charge >= 0.3 is 0 Å². The average Bonchev–Trinajstić information content (AvgIpc) is 1.11. The van der Waals surface area contributed by atoms with E-state index in [-0.39, 0.29) is 55.4 Å². The van der Waals surface area contributed by atoms with Crippen LogP contribution in [0.2, 0.25) is 0 Å². The molecule has 0 amide bonds. The Morgan fingerprint density at radius 3 is 1.24 bits per heavy atom. The highest BCUT2D eigenvalue weighted by molar-refractivity contribution is 7.00. The maximum Gasteiger partial charge on any atom is 0.252 e. The minimum absolute atomic E-state index is 0.00350. The number of anilines is 9. The first kappa shape index (κ1) is 59.6. The molecule has 1 aromatic heterocycles. The fraction of sp³-hybridized carbons (Fsp3) is 0.429. The topological polar surface area (TPSA) is 22.9 Å². The molecule has 3 heterocycles. The van der Waals surface area contributed by atoms with Crippen molar-refractivity contribution in [3.8, 4) is 0 Å². The summed E-state index contributed by atoms with van der Waals surface area (Å²) in [5, 5.41) is 2.30.